The smallest absolute Gasteiger partial charge is 0.234 e. The number of thiophene rings is 1. The van der Waals surface area contributed by atoms with Crippen molar-refractivity contribution < 1.29 is 9.18 Å². The molecule has 4 nitrogen and oxygen atoms in total. The minimum atomic E-state index is -0.220. The van der Waals surface area contributed by atoms with Crippen molar-refractivity contribution in [3.63, 3.8) is 0 Å². The van der Waals surface area contributed by atoms with Crippen LogP contribution in [0, 0.1) is 5.82 Å². The minimum Gasteiger partial charge on any atom is -0.369 e. The summed E-state index contributed by atoms with van der Waals surface area (Å²) in [6, 6.07) is 20.6. The lowest BCUT2D eigenvalue weighted by Gasteiger charge is -2.36. The minimum absolute atomic E-state index is 0.0301. The molecule has 6 heteroatoms. The lowest BCUT2D eigenvalue weighted by molar-refractivity contribution is -0.122. The number of nitrogens with zero attached hydrogens (tertiary/aromatic N) is 2. The highest BCUT2D eigenvalue weighted by molar-refractivity contribution is 7.10. The third kappa shape index (κ3) is 5.02. The van der Waals surface area contributed by atoms with Crippen LogP contribution < -0.4 is 10.2 Å². The number of nitrogens with one attached hydrogen (secondary N) is 1. The Hall–Kier alpha value is -2.70. The molecule has 1 atom stereocenters. The van der Waals surface area contributed by atoms with Crippen LogP contribution in [0.25, 0.3) is 0 Å². The highest BCUT2D eigenvalue weighted by Crippen LogP contribution is 2.26. The Morgan fingerprint density at radius 1 is 0.966 bits per heavy atom. The Kier molecular flexibility index (Phi) is 6.22. The quantitative estimate of drug-likeness (QED) is 0.670. The molecule has 29 heavy (non-hydrogen) atoms. The fraction of sp³-hybridized carbons (Fsp3) is 0.261. The van der Waals surface area contributed by atoms with Crippen molar-refractivity contribution in [3.8, 4) is 0 Å². The lowest BCUT2D eigenvalue weighted by atomic mass is 10.1. The maximum absolute atomic E-state index is 13.1. The van der Waals surface area contributed by atoms with Gasteiger partial charge >= 0.3 is 0 Å². The molecule has 150 valence electrons. The fourth-order valence-electron chi connectivity index (χ4n) is 3.65. The SMILES string of the molecule is O=C(CN1CCN(c2ccc(F)cc2)CC1)NC(c1ccccc1)c1cccs1. The Bertz CT molecular complexity index is 907. The van der Waals surface area contributed by atoms with Gasteiger partial charge in [0, 0.05) is 36.7 Å². The van der Waals surface area contributed by atoms with E-state index in [0.717, 1.165) is 42.3 Å². The van der Waals surface area contributed by atoms with Gasteiger partial charge in [-0.3, -0.25) is 9.69 Å². The zero-order chi connectivity index (χ0) is 20.1. The molecular weight excluding hydrogens is 385 g/mol. The van der Waals surface area contributed by atoms with Crippen molar-refractivity contribution in [2.45, 2.75) is 6.04 Å². The van der Waals surface area contributed by atoms with Crippen LogP contribution in [0.4, 0.5) is 10.1 Å². The fourth-order valence-corrected chi connectivity index (χ4v) is 4.45. The van der Waals surface area contributed by atoms with Crippen LogP contribution >= 0.6 is 11.3 Å². The van der Waals surface area contributed by atoms with E-state index in [-0.39, 0.29) is 17.8 Å². The van der Waals surface area contributed by atoms with E-state index < -0.39 is 0 Å². The van der Waals surface area contributed by atoms with E-state index in [1.165, 1.54) is 12.1 Å². The summed E-state index contributed by atoms with van der Waals surface area (Å²) < 4.78 is 13.1. The number of amides is 1. The lowest BCUT2D eigenvalue weighted by Crippen LogP contribution is -2.49. The molecule has 0 radical (unpaired) electrons. The largest absolute Gasteiger partial charge is 0.369 e. The zero-order valence-electron chi connectivity index (χ0n) is 16.1. The molecule has 2 heterocycles. The molecule has 3 aromatic rings. The summed E-state index contributed by atoms with van der Waals surface area (Å²) in [6.07, 6.45) is 0. The second kappa shape index (κ2) is 9.20. The molecule has 0 aliphatic carbocycles. The van der Waals surface area contributed by atoms with Gasteiger partial charge in [-0.1, -0.05) is 36.4 Å². The summed E-state index contributed by atoms with van der Waals surface area (Å²) in [6.45, 7) is 3.64. The standard InChI is InChI=1S/C23H24FN3OS/c24-19-8-10-20(11-9-19)27-14-12-26(13-15-27)17-22(28)25-23(21-7-4-16-29-21)18-5-2-1-3-6-18/h1-11,16,23H,12-15,17H2,(H,25,28). The van der Waals surface area contributed by atoms with Gasteiger partial charge in [-0.2, -0.15) is 0 Å². The molecule has 1 fully saturated rings. The molecule has 1 aliphatic rings. The Balaban J connectivity index is 1.34. The molecular formula is C23H24FN3OS. The Labute approximate surface area is 174 Å². The first-order valence-electron chi connectivity index (χ1n) is 9.79. The number of halogens is 1. The van der Waals surface area contributed by atoms with Crippen LogP contribution in [0.3, 0.4) is 0 Å². The van der Waals surface area contributed by atoms with Gasteiger partial charge in [0.1, 0.15) is 5.82 Å². The van der Waals surface area contributed by atoms with Crippen LogP contribution in [0.2, 0.25) is 0 Å². The molecule has 1 unspecified atom stereocenters. The van der Waals surface area contributed by atoms with Crippen LogP contribution in [0.1, 0.15) is 16.5 Å². The van der Waals surface area contributed by atoms with Crippen molar-refractivity contribution in [2.24, 2.45) is 0 Å². The van der Waals surface area contributed by atoms with Gasteiger partial charge < -0.3 is 10.2 Å². The van der Waals surface area contributed by atoms with Crippen molar-refractivity contribution in [2.75, 3.05) is 37.6 Å². The number of hydrogen-bond acceptors (Lipinski definition) is 4. The zero-order valence-corrected chi connectivity index (χ0v) is 16.9. The van der Waals surface area contributed by atoms with Gasteiger partial charge in [0.2, 0.25) is 5.91 Å². The predicted molar refractivity (Wildman–Crippen MR) is 116 cm³/mol. The first kappa shape index (κ1) is 19.6. The highest BCUT2D eigenvalue weighted by atomic mass is 32.1. The summed E-state index contributed by atoms with van der Waals surface area (Å²) in [5.41, 5.74) is 2.11. The second-order valence-corrected chi connectivity index (χ2v) is 8.15. The number of carbonyl (C=O) groups excluding carboxylic acids is 1. The van der Waals surface area contributed by atoms with Gasteiger partial charge in [0.15, 0.2) is 0 Å². The van der Waals surface area contributed by atoms with E-state index in [4.69, 9.17) is 0 Å². The number of carbonyl (C=O) groups is 1. The number of anilines is 1. The maximum Gasteiger partial charge on any atom is 0.234 e. The molecule has 2 aromatic carbocycles. The molecule has 1 saturated heterocycles. The summed E-state index contributed by atoms with van der Waals surface area (Å²) in [7, 11) is 0. The first-order chi connectivity index (χ1) is 14.2. The molecule has 0 bridgehead atoms. The van der Waals surface area contributed by atoms with Crippen molar-refractivity contribution in [1.82, 2.24) is 10.2 Å². The number of benzene rings is 2. The molecule has 1 amide bonds. The van der Waals surface area contributed by atoms with Crippen molar-refractivity contribution >= 4 is 22.9 Å². The van der Waals surface area contributed by atoms with Gasteiger partial charge in [-0.25, -0.2) is 4.39 Å². The number of piperazine rings is 1. The molecule has 1 N–H and O–H groups in total. The van der Waals surface area contributed by atoms with E-state index in [2.05, 4.69) is 21.2 Å². The third-order valence-electron chi connectivity index (χ3n) is 5.20. The summed E-state index contributed by atoms with van der Waals surface area (Å²) in [4.78, 5) is 18.3. The number of hydrogen-bond donors (Lipinski definition) is 1. The van der Waals surface area contributed by atoms with Gasteiger partial charge in [-0.05, 0) is 41.3 Å². The molecule has 0 saturated carbocycles. The van der Waals surface area contributed by atoms with Gasteiger partial charge in [-0.15, -0.1) is 11.3 Å². The monoisotopic (exact) mass is 409 g/mol. The van der Waals surface area contributed by atoms with Gasteiger partial charge in [0.05, 0.1) is 12.6 Å². The topological polar surface area (TPSA) is 35.6 Å². The van der Waals surface area contributed by atoms with Crippen LogP contribution in [0.15, 0.2) is 72.1 Å². The van der Waals surface area contributed by atoms with Crippen LogP contribution in [-0.4, -0.2) is 43.5 Å². The van der Waals surface area contributed by atoms with Gasteiger partial charge in [0.25, 0.3) is 0 Å². The second-order valence-electron chi connectivity index (χ2n) is 7.17. The number of rotatable bonds is 6. The maximum atomic E-state index is 13.1. The van der Waals surface area contributed by atoms with E-state index in [1.807, 2.05) is 53.9 Å². The third-order valence-corrected chi connectivity index (χ3v) is 6.13. The highest BCUT2D eigenvalue weighted by Gasteiger charge is 2.22. The van der Waals surface area contributed by atoms with E-state index in [0.29, 0.717) is 6.54 Å². The van der Waals surface area contributed by atoms with E-state index in [1.54, 1.807) is 11.3 Å². The summed E-state index contributed by atoms with van der Waals surface area (Å²) in [5, 5.41) is 5.24. The van der Waals surface area contributed by atoms with E-state index in [9.17, 15) is 9.18 Å². The van der Waals surface area contributed by atoms with Crippen molar-refractivity contribution in [1.29, 1.82) is 0 Å². The average Bonchev–Trinajstić information content (AvgIpc) is 3.28. The summed E-state index contributed by atoms with van der Waals surface area (Å²) in [5.74, 6) is -0.190. The molecule has 1 aromatic heterocycles. The molecule has 1 aliphatic heterocycles. The first-order valence-corrected chi connectivity index (χ1v) is 10.7. The average molecular weight is 410 g/mol. The Morgan fingerprint density at radius 2 is 1.69 bits per heavy atom. The van der Waals surface area contributed by atoms with Crippen LogP contribution in [-0.2, 0) is 4.79 Å². The van der Waals surface area contributed by atoms with Crippen molar-refractivity contribution in [3.05, 3.63) is 88.4 Å². The molecule has 0 spiro atoms. The summed E-state index contributed by atoms with van der Waals surface area (Å²) >= 11 is 1.65. The predicted octanol–water partition coefficient (Wildman–Crippen LogP) is 3.92. The Morgan fingerprint density at radius 3 is 2.34 bits per heavy atom. The van der Waals surface area contributed by atoms with E-state index >= 15 is 0 Å². The molecule has 4 rings (SSSR count). The normalized spacial score (nSPS) is 15.8. The van der Waals surface area contributed by atoms with Crippen LogP contribution in [0.5, 0.6) is 0 Å².